The molecule has 5 heteroatoms. The molecule has 0 saturated carbocycles. The van der Waals surface area contributed by atoms with E-state index >= 15 is 0 Å². The van der Waals surface area contributed by atoms with Crippen molar-refractivity contribution < 1.29 is 5.11 Å². The van der Waals surface area contributed by atoms with E-state index in [1.807, 2.05) is 29.8 Å². The Kier molecular flexibility index (Phi) is 4.25. The lowest BCUT2D eigenvalue weighted by Crippen LogP contribution is -1.99. The topological polar surface area (TPSA) is 61.8 Å². The molecule has 1 aromatic heterocycles. The zero-order chi connectivity index (χ0) is 13.8. The highest BCUT2D eigenvalue weighted by molar-refractivity contribution is 7.99. The fourth-order valence-electron chi connectivity index (χ4n) is 1.77. The molecule has 0 unspecified atom stereocenters. The van der Waals surface area contributed by atoms with Crippen molar-refractivity contribution in [1.29, 1.82) is 5.26 Å². The van der Waals surface area contributed by atoms with Crippen LogP contribution in [0.5, 0.6) is 0 Å². The molecule has 0 radical (unpaired) electrons. The molecule has 0 saturated heterocycles. The van der Waals surface area contributed by atoms with Crippen molar-refractivity contribution in [2.24, 2.45) is 7.05 Å². The maximum Gasteiger partial charge on any atom is 0.168 e. The number of rotatable bonds is 4. The second kappa shape index (κ2) is 5.91. The summed E-state index contributed by atoms with van der Waals surface area (Å²) in [6.07, 6.45) is 1.68. The van der Waals surface area contributed by atoms with Gasteiger partial charge in [-0.25, -0.2) is 4.98 Å². The Labute approximate surface area is 116 Å². The van der Waals surface area contributed by atoms with Gasteiger partial charge in [-0.1, -0.05) is 23.9 Å². The number of benzene rings is 1. The quantitative estimate of drug-likeness (QED) is 0.870. The van der Waals surface area contributed by atoms with Crippen molar-refractivity contribution in [3.05, 3.63) is 47.3 Å². The molecule has 1 atom stereocenters. The Balaban J connectivity index is 2.18. The van der Waals surface area contributed by atoms with Gasteiger partial charge in [0.25, 0.3) is 0 Å². The van der Waals surface area contributed by atoms with Crippen LogP contribution in [0.25, 0.3) is 0 Å². The van der Waals surface area contributed by atoms with E-state index < -0.39 is 0 Å². The van der Waals surface area contributed by atoms with E-state index in [0.717, 1.165) is 16.4 Å². The van der Waals surface area contributed by atoms with Gasteiger partial charge in [0.05, 0.1) is 30.1 Å². The van der Waals surface area contributed by atoms with Crippen molar-refractivity contribution in [2.45, 2.75) is 23.9 Å². The number of nitriles is 1. The van der Waals surface area contributed by atoms with Crippen LogP contribution in [0.15, 0.2) is 35.6 Å². The first-order chi connectivity index (χ1) is 9.15. The summed E-state index contributed by atoms with van der Waals surface area (Å²) in [5.74, 6) is 0. The van der Waals surface area contributed by atoms with Crippen LogP contribution >= 0.6 is 11.8 Å². The molecule has 4 nitrogen and oxygen atoms in total. The van der Waals surface area contributed by atoms with Crippen LogP contribution in [0.1, 0.15) is 29.0 Å². The molecular weight excluding hydrogens is 258 g/mol. The molecule has 19 heavy (non-hydrogen) atoms. The van der Waals surface area contributed by atoms with E-state index in [0.29, 0.717) is 5.56 Å². The molecule has 2 rings (SSSR count). The van der Waals surface area contributed by atoms with Gasteiger partial charge in [-0.3, -0.25) is 0 Å². The zero-order valence-electron chi connectivity index (χ0n) is 10.9. The van der Waals surface area contributed by atoms with E-state index in [1.165, 1.54) is 0 Å². The Morgan fingerprint density at radius 1 is 1.53 bits per heavy atom. The molecule has 2 aromatic rings. The second-order valence-corrected chi connectivity index (χ2v) is 5.55. The van der Waals surface area contributed by atoms with Gasteiger partial charge < -0.3 is 9.67 Å². The van der Waals surface area contributed by atoms with E-state index in [4.69, 9.17) is 10.4 Å². The highest BCUT2D eigenvalue weighted by Gasteiger charge is 2.13. The van der Waals surface area contributed by atoms with E-state index in [-0.39, 0.29) is 11.9 Å². The number of thioether (sulfide) groups is 1. The lowest BCUT2D eigenvalue weighted by atomic mass is 10.1. The van der Waals surface area contributed by atoms with Gasteiger partial charge in [0.2, 0.25) is 0 Å². The van der Waals surface area contributed by atoms with Crippen LogP contribution in [0.2, 0.25) is 0 Å². The molecule has 0 bridgehead atoms. The molecule has 0 aliphatic rings. The highest BCUT2D eigenvalue weighted by atomic mass is 32.2. The summed E-state index contributed by atoms with van der Waals surface area (Å²) < 4.78 is 1.88. The lowest BCUT2D eigenvalue weighted by molar-refractivity contribution is 0.271. The fraction of sp³-hybridized carbons (Fsp3) is 0.286. The van der Waals surface area contributed by atoms with Crippen molar-refractivity contribution >= 4 is 11.8 Å². The number of imidazole rings is 1. The molecule has 0 fully saturated rings. The maximum atomic E-state index is 9.15. The van der Waals surface area contributed by atoms with Gasteiger partial charge in [0.1, 0.15) is 0 Å². The first-order valence-corrected chi connectivity index (χ1v) is 6.82. The lowest BCUT2D eigenvalue weighted by Gasteiger charge is -2.12. The molecule has 1 heterocycles. The molecule has 1 aromatic carbocycles. The SMILES string of the molecule is C[C@H](Sc1ncc(CO)n1C)c1cccc(C#N)c1. The molecule has 0 amide bonds. The van der Waals surface area contributed by atoms with E-state index in [2.05, 4.69) is 18.0 Å². The largest absolute Gasteiger partial charge is 0.390 e. The van der Waals surface area contributed by atoms with Crippen LogP contribution in [-0.4, -0.2) is 14.7 Å². The van der Waals surface area contributed by atoms with Crippen LogP contribution < -0.4 is 0 Å². The minimum atomic E-state index is -0.0115. The molecule has 0 aliphatic carbocycles. The molecular formula is C14H15N3OS. The standard InChI is InChI=1S/C14H15N3OS/c1-10(12-5-3-4-11(6-12)7-15)19-14-16-8-13(9-18)17(14)2/h3-6,8,10,18H,9H2,1-2H3/t10-/m0/s1. The average Bonchev–Trinajstić information content (AvgIpc) is 2.79. The van der Waals surface area contributed by atoms with E-state index in [1.54, 1.807) is 24.0 Å². The van der Waals surface area contributed by atoms with Gasteiger partial charge in [0.15, 0.2) is 5.16 Å². The van der Waals surface area contributed by atoms with Crippen LogP contribution in [0.4, 0.5) is 0 Å². The second-order valence-electron chi connectivity index (χ2n) is 4.25. The number of aliphatic hydroxyl groups excluding tert-OH is 1. The first kappa shape index (κ1) is 13.7. The molecule has 98 valence electrons. The third-order valence-electron chi connectivity index (χ3n) is 2.97. The summed E-state index contributed by atoms with van der Waals surface area (Å²) in [7, 11) is 1.89. The normalized spacial score (nSPS) is 12.1. The van der Waals surface area contributed by atoms with Gasteiger partial charge in [-0.05, 0) is 24.6 Å². The van der Waals surface area contributed by atoms with Crippen molar-refractivity contribution in [2.75, 3.05) is 0 Å². The van der Waals surface area contributed by atoms with Crippen LogP contribution in [0, 0.1) is 11.3 Å². The number of hydrogen-bond acceptors (Lipinski definition) is 4. The summed E-state index contributed by atoms with van der Waals surface area (Å²) in [4.78, 5) is 4.30. The smallest absolute Gasteiger partial charge is 0.168 e. The minimum absolute atomic E-state index is 0.0115. The predicted octanol–water partition coefficient (Wildman–Crippen LogP) is 2.64. The summed E-state index contributed by atoms with van der Waals surface area (Å²) in [5.41, 5.74) is 2.55. The van der Waals surface area contributed by atoms with Gasteiger partial charge in [-0.2, -0.15) is 5.26 Å². The Bertz CT molecular complexity index is 615. The number of nitrogens with zero attached hydrogens (tertiary/aromatic N) is 3. The molecule has 1 N–H and O–H groups in total. The van der Waals surface area contributed by atoms with Gasteiger partial charge >= 0.3 is 0 Å². The van der Waals surface area contributed by atoms with E-state index in [9.17, 15) is 0 Å². The number of hydrogen-bond donors (Lipinski definition) is 1. The third kappa shape index (κ3) is 2.98. The highest BCUT2D eigenvalue weighted by Crippen LogP contribution is 2.34. The maximum absolute atomic E-state index is 9.15. The number of aliphatic hydroxyl groups is 1. The number of aromatic nitrogens is 2. The van der Waals surface area contributed by atoms with Crippen LogP contribution in [0.3, 0.4) is 0 Å². The summed E-state index contributed by atoms with van der Waals surface area (Å²) in [5, 5.41) is 19.1. The van der Waals surface area contributed by atoms with Gasteiger partial charge in [-0.15, -0.1) is 0 Å². The zero-order valence-corrected chi connectivity index (χ0v) is 11.7. The van der Waals surface area contributed by atoms with Crippen LogP contribution in [-0.2, 0) is 13.7 Å². The summed E-state index contributed by atoms with van der Waals surface area (Å²) in [6.45, 7) is 2.07. The third-order valence-corrected chi connectivity index (χ3v) is 4.19. The fourth-order valence-corrected chi connectivity index (χ4v) is 2.76. The first-order valence-electron chi connectivity index (χ1n) is 5.94. The van der Waals surface area contributed by atoms with Crippen molar-refractivity contribution in [3.8, 4) is 6.07 Å². The van der Waals surface area contributed by atoms with Crippen molar-refractivity contribution in [1.82, 2.24) is 9.55 Å². The molecule has 0 aliphatic heterocycles. The van der Waals surface area contributed by atoms with Crippen molar-refractivity contribution in [3.63, 3.8) is 0 Å². The predicted molar refractivity (Wildman–Crippen MR) is 74.6 cm³/mol. The Morgan fingerprint density at radius 3 is 2.95 bits per heavy atom. The Morgan fingerprint density at radius 2 is 2.32 bits per heavy atom. The average molecular weight is 273 g/mol. The molecule has 0 spiro atoms. The summed E-state index contributed by atoms with van der Waals surface area (Å²) >= 11 is 1.61. The monoisotopic (exact) mass is 273 g/mol. The summed E-state index contributed by atoms with van der Waals surface area (Å²) in [6, 6.07) is 9.74. The Hall–Kier alpha value is -1.77. The minimum Gasteiger partial charge on any atom is -0.390 e. The van der Waals surface area contributed by atoms with Gasteiger partial charge in [0, 0.05) is 12.3 Å².